The number of benzene rings is 1. The molecule has 1 aromatic heterocycles. The highest BCUT2D eigenvalue weighted by Gasteiger charge is 2.23. The molecule has 5 nitrogen and oxygen atoms in total. The lowest BCUT2D eigenvalue weighted by molar-refractivity contribution is 0.484. The number of anilines is 1. The Morgan fingerprint density at radius 2 is 2.10 bits per heavy atom. The molecule has 0 saturated heterocycles. The SMILES string of the molecule is CSc1ccccc1NS(=O)(=O)c1cc(CN)oc1Br. The largest absolute Gasteiger partial charge is 0.452 e. The Labute approximate surface area is 130 Å². The standard InChI is InChI=1S/C12H13BrN2O3S2/c1-19-10-5-3-2-4-9(10)15-20(16,17)11-6-8(7-14)18-12(11)13/h2-6,15H,7,14H2,1H3. The first-order valence-corrected chi connectivity index (χ1v) is 9.12. The molecular formula is C12H13BrN2O3S2. The van der Waals surface area contributed by atoms with Crippen LogP contribution in [-0.2, 0) is 16.6 Å². The second-order valence-corrected chi connectivity index (χ2v) is 7.08. The predicted molar refractivity (Wildman–Crippen MR) is 83.3 cm³/mol. The molecule has 8 heteroatoms. The van der Waals surface area contributed by atoms with Gasteiger partial charge in [0, 0.05) is 11.0 Å². The van der Waals surface area contributed by atoms with Crippen LogP contribution in [0.1, 0.15) is 5.76 Å². The van der Waals surface area contributed by atoms with Gasteiger partial charge in [-0.25, -0.2) is 8.42 Å². The van der Waals surface area contributed by atoms with Gasteiger partial charge in [0.15, 0.2) is 4.67 Å². The number of rotatable bonds is 5. The first-order chi connectivity index (χ1) is 9.47. The highest BCUT2D eigenvalue weighted by atomic mass is 79.9. The minimum Gasteiger partial charge on any atom is -0.452 e. The van der Waals surface area contributed by atoms with E-state index in [2.05, 4.69) is 20.7 Å². The Balaban J connectivity index is 2.38. The molecule has 3 N–H and O–H groups in total. The van der Waals surface area contributed by atoms with E-state index in [9.17, 15) is 8.42 Å². The van der Waals surface area contributed by atoms with Gasteiger partial charge in [-0.2, -0.15) is 0 Å². The average Bonchev–Trinajstić information content (AvgIpc) is 2.81. The fraction of sp³-hybridized carbons (Fsp3) is 0.167. The second kappa shape index (κ2) is 6.21. The third-order valence-electron chi connectivity index (χ3n) is 2.55. The van der Waals surface area contributed by atoms with Gasteiger partial charge in [-0.05, 0) is 34.3 Å². The molecule has 0 spiro atoms. The topological polar surface area (TPSA) is 85.3 Å². The molecule has 0 aliphatic rings. The number of hydrogen-bond donors (Lipinski definition) is 2. The minimum absolute atomic E-state index is 0.0360. The van der Waals surface area contributed by atoms with Crippen LogP contribution in [0.15, 0.2) is 49.2 Å². The Bertz CT molecular complexity index is 713. The Kier molecular flexibility index (Phi) is 4.79. The predicted octanol–water partition coefficient (Wildman–Crippen LogP) is 3.02. The van der Waals surface area contributed by atoms with Crippen molar-refractivity contribution >= 4 is 43.4 Å². The molecule has 0 amide bonds. The van der Waals surface area contributed by atoms with E-state index in [4.69, 9.17) is 10.2 Å². The maximum absolute atomic E-state index is 12.4. The molecule has 0 atom stereocenters. The first kappa shape index (κ1) is 15.4. The van der Waals surface area contributed by atoms with Crippen molar-refractivity contribution in [2.75, 3.05) is 11.0 Å². The summed E-state index contributed by atoms with van der Waals surface area (Å²) in [6.07, 6.45) is 1.88. The van der Waals surface area contributed by atoms with Crippen LogP contribution in [-0.4, -0.2) is 14.7 Å². The van der Waals surface area contributed by atoms with E-state index in [-0.39, 0.29) is 16.1 Å². The van der Waals surface area contributed by atoms with Gasteiger partial charge in [0.25, 0.3) is 10.0 Å². The number of sulfonamides is 1. The van der Waals surface area contributed by atoms with Crippen molar-refractivity contribution < 1.29 is 12.8 Å². The van der Waals surface area contributed by atoms with E-state index in [1.165, 1.54) is 17.8 Å². The molecule has 0 saturated carbocycles. The van der Waals surface area contributed by atoms with Crippen LogP contribution in [0.25, 0.3) is 0 Å². The van der Waals surface area contributed by atoms with Gasteiger partial charge >= 0.3 is 0 Å². The maximum atomic E-state index is 12.4. The molecule has 0 radical (unpaired) electrons. The first-order valence-electron chi connectivity index (χ1n) is 5.62. The molecule has 2 aromatic rings. The van der Waals surface area contributed by atoms with Gasteiger partial charge in [0.05, 0.1) is 12.2 Å². The van der Waals surface area contributed by atoms with Gasteiger partial charge in [-0.3, -0.25) is 4.72 Å². The Morgan fingerprint density at radius 1 is 1.40 bits per heavy atom. The Morgan fingerprint density at radius 3 is 2.70 bits per heavy atom. The monoisotopic (exact) mass is 376 g/mol. The highest BCUT2D eigenvalue weighted by Crippen LogP contribution is 2.30. The number of furan rings is 1. The van der Waals surface area contributed by atoms with Crippen LogP contribution in [0.4, 0.5) is 5.69 Å². The van der Waals surface area contributed by atoms with E-state index in [0.717, 1.165) is 4.90 Å². The molecule has 1 heterocycles. The van der Waals surface area contributed by atoms with Crippen molar-refractivity contribution in [1.29, 1.82) is 0 Å². The lowest BCUT2D eigenvalue weighted by atomic mass is 10.3. The molecule has 0 aliphatic heterocycles. The third kappa shape index (κ3) is 3.20. The van der Waals surface area contributed by atoms with E-state index >= 15 is 0 Å². The van der Waals surface area contributed by atoms with E-state index < -0.39 is 10.0 Å². The summed E-state index contributed by atoms with van der Waals surface area (Å²) < 4.78 is 32.6. The van der Waals surface area contributed by atoms with Gasteiger partial charge in [0.2, 0.25) is 0 Å². The lowest BCUT2D eigenvalue weighted by Crippen LogP contribution is -2.13. The number of nitrogens with one attached hydrogen (secondary N) is 1. The van der Waals surface area contributed by atoms with Gasteiger partial charge in [-0.15, -0.1) is 11.8 Å². The summed E-state index contributed by atoms with van der Waals surface area (Å²) in [5.74, 6) is 0.399. The van der Waals surface area contributed by atoms with Crippen molar-refractivity contribution in [1.82, 2.24) is 0 Å². The number of thioether (sulfide) groups is 1. The van der Waals surface area contributed by atoms with Crippen molar-refractivity contribution in [2.45, 2.75) is 16.3 Å². The smallest absolute Gasteiger partial charge is 0.266 e. The van der Waals surface area contributed by atoms with Crippen molar-refractivity contribution in [3.05, 3.63) is 40.8 Å². The normalized spacial score (nSPS) is 11.6. The van der Waals surface area contributed by atoms with Gasteiger partial charge < -0.3 is 10.2 Å². The van der Waals surface area contributed by atoms with Crippen LogP contribution in [0.3, 0.4) is 0 Å². The molecule has 2 rings (SSSR count). The maximum Gasteiger partial charge on any atom is 0.266 e. The highest BCUT2D eigenvalue weighted by molar-refractivity contribution is 9.10. The minimum atomic E-state index is -3.73. The van der Waals surface area contributed by atoms with E-state index in [1.54, 1.807) is 12.1 Å². The molecular weight excluding hydrogens is 364 g/mol. The molecule has 1 aromatic carbocycles. The van der Waals surface area contributed by atoms with Crippen LogP contribution < -0.4 is 10.5 Å². The summed E-state index contributed by atoms with van der Waals surface area (Å²) in [5.41, 5.74) is 5.97. The third-order valence-corrected chi connectivity index (χ3v) is 5.57. The van der Waals surface area contributed by atoms with Crippen LogP contribution in [0, 0.1) is 0 Å². The van der Waals surface area contributed by atoms with Crippen LogP contribution in [0.2, 0.25) is 0 Å². The van der Waals surface area contributed by atoms with Crippen molar-refractivity contribution in [3.63, 3.8) is 0 Å². The summed E-state index contributed by atoms with van der Waals surface area (Å²) in [4.78, 5) is 0.878. The lowest BCUT2D eigenvalue weighted by Gasteiger charge is -2.10. The summed E-state index contributed by atoms with van der Waals surface area (Å²) in [6.45, 7) is 0.134. The van der Waals surface area contributed by atoms with Crippen LogP contribution >= 0.6 is 27.7 Å². The van der Waals surface area contributed by atoms with Gasteiger partial charge in [0.1, 0.15) is 10.7 Å². The second-order valence-electron chi connectivity index (χ2n) is 3.86. The molecule has 0 unspecified atom stereocenters. The zero-order chi connectivity index (χ0) is 14.8. The number of hydrogen-bond acceptors (Lipinski definition) is 5. The summed E-state index contributed by atoms with van der Waals surface area (Å²) in [7, 11) is -3.73. The fourth-order valence-corrected chi connectivity index (χ4v) is 4.31. The molecule has 108 valence electrons. The molecule has 0 bridgehead atoms. The quantitative estimate of drug-likeness (QED) is 0.783. The summed E-state index contributed by atoms with van der Waals surface area (Å²) in [5, 5.41) is 0. The molecule has 0 fully saturated rings. The number of halogens is 1. The zero-order valence-electron chi connectivity index (χ0n) is 10.6. The molecule has 20 heavy (non-hydrogen) atoms. The summed E-state index contributed by atoms with van der Waals surface area (Å²) in [6, 6.07) is 8.59. The van der Waals surface area contributed by atoms with Crippen molar-refractivity contribution in [3.8, 4) is 0 Å². The fourth-order valence-electron chi connectivity index (χ4n) is 1.61. The van der Waals surface area contributed by atoms with E-state index in [0.29, 0.717) is 11.4 Å². The Hall–Kier alpha value is -0.960. The number of para-hydroxylation sites is 1. The number of nitrogens with two attached hydrogens (primary N) is 1. The average molecular weight is 377 g/mol. The summed E-state index contributed by atoms with van der Waals surface area (Å²) >= 11 is 4.56. The van der Waals surface area contributed by atoms with Gasteiger partial charge in [-0.1, -0.05) is 12.1 Å². The van der Waals surface area contributed by atoms with Crippen molar-refractivity contribution in [2.24, 2.45) is 5.73 Å². The van der Waals surface area contributed by atoms with E-state index in [1.807, 2.05) is 18.4 Å². The molecule has 0 aliphatic carbocycles. The van der Waals surface area contributed by atoms with Crippen LogP contribution in [0.5, 0.6) is 0 Å². The zero-order valence-corrected chi connectivity index (χ0v) is 13.8.